The van der Waals surface area contributed by atoms with Gasteiger partial charge in [0.25, 0.3) is 0 Å². The first-order valence-corrected chi connectivity index (χ1v) is 10.9. The van der Waals surface area contributed by atoms with Crippen molar-refractivity contribution in [2.45, 2.75) is 53.2 Å². The van der Waals surface area contributed by atoms with Gasteiger partial charge in [0, 0.05) is 35.4 Å². The molecule has 0 heterocycles. The van der Waals surface area contributed by atoms with Crippen LogP contribution in [0.3, 0.4) is 0 Å². The Kier molecular flexibility index (Phi) is 7.57. The summed E-state index contributed by atoms with van der Waals surface area (Å²) in [7, 11) is 0. The molecule has 0 bridgehead atoms. The Morgan fingerprint density at radius 1 is 0.750 bits per heavy atom. The van der Waals surface area contributed by atoms with Crippen LogP contribution in [0.15, 0.2) is 42.5 Å². The van der Waals surface area contributed by atoms with E-state index in [2.05, 4.69) is 19.1 Å². The van der Waals surface area contributed by atoms with Gasteiger partial charge in [-0.1, -0.05) is 43.3 Å². The van der Waals surface area contributed by atoms with Gasteiger partial charge in [-0.05, 0) is 31.9 Å². The summed E-state index contributed by atoms with van der Waals surface area (Å²) >= 11 is 0. The monoisotopic (exact) mass is 438 g/mol. The summed E-state index contributed by atoms with van der Waals surface area (Å²) in [6, 6.07) is 14.1. The van der Waals surface area contributed by atoms with Crippen molar-refractivity contribution >= 4 is 33.5 Å². The number of carbonyl (C=O) groups is 2. The summed E-state index contributed by atoms with van der Waals surface area (Å²) in [4.78, 5) is 22.6. The van der Waals surface area contributed by atoms with E-state index < -0.39 is 0 Å². The lowest BCUT2D eigenvalue weighted by atomic mass is 9.98. The quantitative estimate of drug-likeness (QED) is 0.337. The van der Waals surface area contributed by atoms with Crippen molar-refractivity contribution in [3.63, 3.8) is 0 Å². The van der Waals surface area contributed by atoms with Crippen molar-refractivity contribution in [1.82, 2.24) is 0 Å². The predicted octanol–water partition coefficient (Wildman–Crippen LogP) is 5.22. The minimum absolute atomic E-state index is 0.234. The first-order valence-electron chi connectivity index (χ1n) is 10.9. The summed E-state index contributed by atoms with van der Waals surface area (Å²) in [5.74, 6) is 0.770. The standard InChI is InChI=1S/C26H30O6/c1-6-20-11-12-23-24(13-20)26(30-15-17(3)32-19(5)28)22-10-8-7-9-21(22)25(23)29-14-16(2)31-18(4)27/h7-13,16-17H,6,14-15H2,1-5H3. The van der Waals surface area contributed by atoms with Crippen LogP contribution in [0, 0.1) is 0 Å². The molecule has 6 nitrogen and oxygen atoms in total. The maximum absolute atomic E-state index is 11.3. The molecule has 0 aliphatic rings. The van der Waals surface area contributed by atoms with Gasteiger partial charge in [0.15, 0.2) is 0 Å². The predicted molar refractivity (Wildman–Crippen MR) is 124 cm³/mol. The number of esters is 2. The van der Waals surface area contributed by atoms with E-state index in [9.17, 15) is 9.59 Å². The Morgan fingerprint density at radius 2 is 1.22 bits per heavy atom. The van der Waals surface area contributed by atoms with E-state index in [0.29, 0.717) is 0 Å². The molecule has 0 amide bonds. The Bertz CT molecular complexity index is 1120. The molecule has 0 spiro atoms. The second-order valence-corrected chi connectivity index (χ2v) is 7.90. The van der Waals surface area contributed by atoms with E-state index in [1.165, 1.54) is 19.4 Å². The van der Waals surface area contributed by atoms with Crippen molar-refractivity contribution < 1.29 is 28.5 Å². The van der Waals surface area contributed by atoms with Crippen LogP contribution in [-0.2, 0) is 25.5 Å². The van der Waals surface area contributed by atoms with E-state index in [-0.39, 0.29) is 37.4 Å². The zero-order chi connectivity index (χ0) is 23.3. The van der Waals surface area contributed by atoms with Crippen LogP contribution in [-0.4, -0.2) is 37.4 Å². The second-order valence-electron chi connectivity index (χ2n) is 7.90. The normalized spacial score (nSPS) is 12.9. The van der Waals surface area contributed by atoms with Crippen LogP contribution < -0.4 is 9.47 Å². The number of hydrogen-bond acceptors (Lipinski definition) is 6. The van der Waals surface area contributed by atoms with E-state index >= 15 is 0 Å². The van der Waals surface area contributed by atoms with Crippen LogP contribution >= 0.6 is 0 Å². The van der Waals surface area contributed by atoms with Gasteiger partial charge in [-0.3, -0.25) is 9.59 Å². The van der Waals surface area contributed by atoms with Crippen molar-refractivity contribution in [3.05, 3.63) is 48.0 Å². The highest BCUT2D eigenvalue weighted by molar-refractivity contribution is 6.11. The average Bonchev–Trinajstić information content (AvgIpc) is 2.74. The van der Waals surface area contributed by atoms with Crippen LogP contribution in [0.2, 0.25) is 0 Å². The van der Waals surface area contributed by atoms with E-state index in [1.54, 1.807) is 13.8 Å². The lowest BCUT2D eigenvalue weighted by Crippen LogP contribution is -2.21. The number of fused-ring (bicyclic) bond motifs is 2. The minimum atomic E-state index is -0.379. The van der Waals surface area contributed by atoms with Gasteiger partial charge in [-0.15, -0.1) is 0 Å². The number of aryl methyl sites for hydroxylation is 1. The maximum Gasteiger partial charge on any atom is 0.303 e. The first kappa shape index (κ1) is 23.4. The SMILES string of the molecule is CCc1ccc2c(OCC(C)OC(C)=O)c3ccccc3c(OCC(C)OC(C)=O)c2c1. The lowest BCUT2D eigenvalue weighted by molar-refractivity contribution is -0.147. The number of rotatable bonds is 9. The third kappa shape index (κ3) is 5.49. The van der Waals surface area contributed by atoms with Crippen molar-refractivity contribution in [3.8, 4) is 11.5 Å². The zero-order valence-electron chi connectivity index (χ0n) is 19.3. The van der Waals surface area contributed by atoms with E-state index in [0.717, 1.165) is 39.5 Å². The molecule has 0 N–H and O–H groups in total. The van der Waals surface area contributed by atoms with Gasteiger partial charge in [-0.2, -0.15) is 0 Å². The highest BCUT2D eigenvalue weighted by Gasteiger charge is 2.19. The van der Waals surface area contributed by atoms with Crippen molar-refractivity contribution in [1.29, 1.82) is 0 Å². The molecule has 3 rings (SSSR count). The number of ether oxygens (including phenoxy) is 4. The molecule has 0 saturated heterocycles. The fourth-order valence-electron chi connectivity index (χ4n) is 3.71. The molecule has 0 aliphatic carbocycles. The minimum Gasteiger partial charge on any atom is -0.488 e. The molecule has 0 aromatic heterocycles. The topological polar surface area (TPSA) is 71.1 Å². The summed E-state index contributed by atoms with van der Waals surface area (Å²) in [5.41, 5.74) is 1.17. The van der Waals surface area contributed by atoms with Gasteiger partial charge >= 0.3 is 11.9 Å². The largest absolute Gasteiger partial charge is 0.488 e. The Hall–Kier alpha value is -3.28. The number of hydrogen-bond donors (Lipinski definition) is 0. The van der Waals surface area contributed by atoms with Gasteiger partial charge in [0.05, 0.1) is 0 Å². The number of benzene rings is 3. The first-order chi connectivity index (χ1) is 15.3. The van der Waals surface area contributed by atoms with Gasteiger partial charge in [0.2, 0.25) is 0 Å². The summed E-state index contributed by atoms with van der Waals surface area (Å²) < 4.78 is 22.9. The maximum atomic E-state index is 11.3. The third-order valence-electron chi connectivity index (χ3n) is 5.06. The molecule has 0 saturated carbocycles. The van der Waals surface area contributed by atoms with E-state index in [4.69, 9.17) is 18.9 Å². The second kappa shape index (κ2) is 10.4. The third-order valence-corrected chi connectivity index (χ3v) is 5.06. The van der Waals surface area contributed by atoms with Gasteiger partial charge in [0.1, 0.15) is 36.9 Å². The number of carbonyl (C=O) groups excluding carboxylic acids is 2. The van der Waals surface area contributed by atoms with Crippen molar-refractivity contribution in [2.24, 2.45) is 0 Å². The zero-order valence-corrected chi connectivity index (χ0v) is 19.3. The van der Waals surface area contributed by atoms with E-state index in [1.807, 2.05) is 30.3 Å². The molecular weight excluding hydrogens is 408 g/mol. The molecular formula is C26H30O6. The molecule has 6 heteroatoms. The van der Waals surface area contributed by atoms with Gasteiger partial charge < -0.3 is 18.9 Å². The van der Waals surface area contributed by atoms with Crippen molar-refractivity contribution in [2.75, 3.05) is 13.2 Å². The van der Waals surface area contributed by atoms with Crippen LogP contribution in [0.25, 0.3) is 21.5 Å². The summed E-state index contributed by atoms with van der Waals surface area (Å²) in [5, 5.41) is 3.63. The Morgan fingerprint density at radius 3 is 1.69 bits per heavy atom. The highest BCUT2D eigenvalue weighted by atomic mass is 16.6. The molecule has 2 unspecified atom stereocenters. The van der Waals surface area contributed by atoms with Crippen LogP contribution in [0.4, 0.5) is 0 Å². The fraction of sp³-hybridized carbons (Fsp3) is 0.385. The fourth-order valence-corrected chi connectivity index (χ4v) is 3.71. The summed E-state index contributed by atoms with van der Waals surface area (Å²) in [6.45, 7) is 8.95. The van der Waals surface area contributed by atoms with Crippen LogP contribution in [0.1, 0.15) is 40.2 Å². The molecule has 170 valence electrons. The summed E-state index contributed by atoms with van der Waals surface area (Å²) in [6.07, 6.45) is 0.124. The molecule has 3 aromatic rings. The smallest absolute Gasteiger partial charge is 0.303 e. The molecule has 0 aliphatic heterocycles. The average molecular weight is 439 g/mol. The molecule has 0 fully saturated rings. The van der Waals surface area contributed by atoms with Crippen LogP contribution in [0.5, 0.6) is 11.5 Å². The Labute approximate surface area is 188 Å². The molecule has 32 heavy (non-hydrogen) atoms. The Balaban J connectivity index is 2.09. The molecule has 0 radical (unpaired) electrons. The highest BCUT2D eigenvalue weighted by Crippen LogP contribution is 2.43. The molecule has 2 atom stereocenters. The lowest BCUT2D eigenvalue weighted by Gasteiger charge is -2.21. The molecule has 3 aromatic carbocycles. The van der Waals surface area contributed by atoms with Gasteiger partial charge in [-0.25, -0.2) is 0 Å².